The third-order valence-corrected chi connectivity index (χ3v) is 5.76. The Morgan fingerprint density at radius 3 is 2.70 bits per heavy atom. The highest BCUT2D eigenvalue weighted by Gasteiger charge is 2.24. The third kappa shape index (κ3) is 4.52. The first-order valence-electron chi connectivity index (χ1n) is 10.1. The molecule has 2 aromatic heterocycles. The summed E-state index contributed by atoms with van der Waals surface area (Å²) in [4.78, 5) is 21.6. The molecule has 156 valence electrons. The van der Waals surface area contributed by atoms with Crippen molar-refractivity contribution in [3.63, 3.8) is 0 Å². The van der Waals surface area contributed by atoms with Gasteiger partial charge in [0, 0.05) is 34.3 Å². The highest BCUT2D eigenvalue weighted by Crippen LogP contribution is 2.34. The zero-order chi connectivity index (χ0) is 21.3. The molecule has 3 N–H and O–H groups in total. The number of benzene rings is 1. The summed E-state index contributed by atoms with van der Waals surface area (Å²) in [5.41, 5.74) is 6.57. The fourth-order valence-electron chi connectivity index (χ4n) is 3.18. The van der Waals surface area contributed by atoms with Crippen LogP contribution in [0.5, 0.6) is 0 Å². The number of anilines is 1. The second-order valence-electron chi connectivity index (χ2n) is 8.44. The SMILES string of the molecule is Cc1ccc(C(=O)NC2CC2)cc1-c1cnc(NC(C)(C)CO)c(-c2cscn2)c1. The van der Waals surface area contributed by atoms with Gasteiger partial charge in [-0.25, -0.2) is 9.97 Å². The second kappa shape index (κ2) is 8.16. The van der Waals surface area contributed by atoms with Crippen molar-refractivity contribution in [1.29, 1.82) is 0 Å². The normalized spacial score (nSPS) is 13.9. The second-order valence-corrected chi connectivity index (χ2v) is 9.16. The summed E-state index contributed by atoms with van der Waals surface area (Å²) in [6, 6.07) is 8.13. The van der Waals surface area contributed by atoms with Gasteiger partial charge in [0.15, 0.2) is 0 Å². The number of amides is 1. The molecule has 0 radical (unpaired) electrons. The minimum Gasteiger partial charge on any atom is -0.394 e. The van der Waals surface area contributed by atoms with Crippen molar-refractivity contribution in [2.45, 2.75) is 45.2 Å². The maximum atomic E-state index is 12.5. The largest absolute Gasteiger partial charge is 0.394 e. The van der Waals surface area contributed by atoms with Gasteiger partial charge < -0.3 is 15.7 Å². The number of hydrogen-bond donors (Lipinski definition) is 3. The Hall–Kier alpha value is -2.77. The summed E-state index contributed by atoms with van der Waals surface area (Å²) < 4.78 is 0. The first-order valence-corrected chi connectivity index (χ1v) is 11.0. The van der Waals surface area contributed by atoms with Gasteiger partial charge in [-0.05, 0) is 62.9 Å². The number of thiazole rings is 1. The number of hydrogen-bond acceptors (Lipinski definition) is 6. The van der Waals surface area contributed by atoms with Crippen molar-refractivity contribution >= 4 is 23.1 Å². The molecule has 0 spiro atoms. The standard InChI is InChI=1S/C23H26N4O2S/c1-14-4-5-15(22(29)26-17-6-7-17)8-18(14)16-9-19(20-11-30-13-25-20)21(24-10-16)27-23(2,3)12-28/h4-5,8-11,13,17,28H,6-7,12H2,1-3H3,(H,24,27)(H,26,29). The molecule has 1 aliphatic carbocycles. The molecule has 1 aliphatic rings. The molecule has 0 unspecified atom stereocenters. The van der Waals surface area contributed by atoms with Crippen LogP contribution < -0.4 is 10.6 Å². The molecule has 4 rings (SSSR count). The van der Waals surface area contributed by atoms with E-state index in [9.17, 15) is 9.90 Å². The Bertz CT molecular complexity index is 1060. The van der Waals surface area contributed by atoms with Crippen molar-refractivity contribution < 1.29 is 9.90 Å². The lowest BCUT2D eigenvalue weighted by Crippen LogP contribution is -2.35. The van der Waals surface area contributed by atoms with Gasteiger partial charge in [-0.3, -0.25) is 4.79 Å². The van der Waals surface area contributed by atoms with Crippen LogP contribution in [0.2, 0.25) is 0 Å². The molecule has 1 fully saturated rings. The van der Waals surface area contributed by atoms with Crippen molar-refractivity contribution in [2.24, 2.45) is 0 Å². The first-order chi connectivity index (χ1) is 14.4. The molecule has 30 heavy (non-hydrogen) atoms. The van der Waals surface area contributed by atoms with Crippen LogP contribution in [0.3, 0.4) is 0 Å². The van der Waals surface area contributed by atoms with E-state index in [1.807, 2.05) is 50.4 Å². The highest BCUT2D eigenvalue weighted by molar-refractivity contribution is 7.07. The third-order valence-electron chi connectivity index (χ3n) is 5.17. The number of nitrogens with one attached hydrogen (secondary N) is 2. The number of aryl methyl sites for hydroxylation is 1. The Balaban J connectivity index is 1.74. The molecule has 3 aromatic rings. The zero-order valence-electron chi connectivity index (χ0n) is 17.4. The van der Waals surface area contributed by atoms with Gasteiger partial charge in [0.25, 0.3) is 5.91 Å². The number of aromatic nitrogens is 2. The summed E-state index contributed by atoms with van der Waals surface area (Å²) in [5.74, 6) is 0.637. The summed E-state index contributed by atoms with van der Waals surface area (Å²) in [6.07, 6.45) is 3.92. The highest BCUT2D eigenvalue weighted by atomic mass is 32.1. The Kier molecular flexibility index (Phi) is 5.58. The lowest BCUT2D eigenvalue weighted by Gasteiger charge is -2.25. The number of rotatable bonds is 7. The Labute approximate surface area is 180 Å². The predicted molar refractivity (Wildman–Crippen MR) is 121 cm³/mol. The molecular weight excluding hydrogens is 396 g/mol. The van der Waals surface area contributed by atoms with E-state index >= 15 is 0 Å². The van der Waals surface area contributed by atoms with Crippen LogP contribution in [0, 0.1) is 6.92 Å². The molecule has 0 aliphatic heterocycles. The van der Waals surface area contributed by atoms with E-state index in [0.717, 1.165) is 40.8 Å². The fourth-order valence-corrected chi connectivity index (χ4v) is 3.74. The maximum Gasteiger partial charge on any atom is 0.251 e. The fraction of sp³-hybridized carbons (Fsp3) is 0.348. The van der Waals surface area contributed by atoms with Crippen molar-refractivity contribution in [3.8, 4) is 22.4 Å². The predicted octanol–water partition coefficient (Wildman–Crippen LogP) is 4.26. The van der Waals surface area contributed by atoms with Crippen LogP contribution in [0.25, 0.3) is 22.4 Å². The number of carbonyl (C=O) groups excluding carboxylic acids is 1. The maximum absolute atomic E-state index is 12.5. The van der Waals surface area contributed by atoms with Gasteiger partial charge >= 0.3 is 0 Å². The average molecular weight is 423 g/mol. The van der Waals surface area contributed by atoms with E-state index in [1.165, 1.54) is 11.3 Å². The van der Waals surface area contributed by atoms with Crippen molar-refractivity contribution in [2.75, 3.05) is 11.9 Å². The molecule has 6 nitrogen and oxygen atoms in total. The van der Waals surface area contributed by atoms with Gasteiger partial charge in [-0.2, -0.15) is 0 Å². The van der Waals surface area contributed by atoms with Crippen molar-refractivity contribution in [3.05, 3.63) is 52.5 Å². The zero-order valence-corrected chi connectivity index (χ0v) is 18.2. The van der Waals surface area contributed by atoms with Crippen LogP contribution in [0.1, 0.15) is 42.6 Å². The van der Waals surface area contributed by atoms with Gasteiger partial charge in [0.1, 0.15) is 5.82 Å². The number of aliphatic hydroxyl groups is 1. The molecular formula is C23H26N4O2S. The number of pyridine rings is 1. The molecule has 0 atom stereocenters. The molecule has 0 saturated heterocycles. The van der Waals surface area contributed by atoms with E-state index in [0.29, 0.717) is 17.4 Å². The van der Waals surface area contributed by atoms with E-state index in [4.69, 9.17) is 0 Å². The topological polar surface area (TPSA) is 87.1 Å². The van der Waals surface area contributed by atoms with E-state index < -0.39 is 5.54 Å². The van der Waals surface area contributed by atoms with Crippen LogP contribution >= 0.6 is 11.3 Å². The van der Waals surface area contributed by atoms with Gasteiger partial charge in [0.05, 0.1) is 23.4 Å². The minimum atomic E-state index is -0.518. The molecule has 0 bridgehead atoms. The average Bonchev–Trinajstić information content (AvgIpc) is 3.37. The lowest BCUT2D eigenvalue weighted by atomic mass is 9.97. The van der Waals surface area contributed by atoms with E-state index in [-0.39, 0.29) is 12.5 Å². The Morgan fingerprint density at radius 2 is 2.03 bits per heavy atom. The molecule has 7 heteroatoms. The van der Waals surface area contributed by atoms with Gasteiger partial charge in [-0.1, -0.05) is 6.07 Å². The minimum absolute atomic E-state index is 0.0236. The van der Waals surface area contributed by atoms with E-state index in [2.05, 4.69) is 20.6 Å². The molecule has 1 aromatic carbocycles. The number of nitrogens with zero attached hydrogens (tertiary/aromatic N) is 2. The summed E-state index contributed by atoms with van der Waals surface area (Å²) in [6.45, 7) is 5.84. The van der Waals surface area contributed by atoms with E-state index in [1.54, 1.807) is 11.7 Å². The summed E-state index contributed by atoms with van der Waals surface area (Å²) >= 11 is 1.52. The monoisotopic (exact) mass is 422 g/mol. The summed E-state index contributed by atoms with van der Waals surface area (Å²) in [7, 11) is 0. The molecule has 1 amide bonds. The van der Waals surface area contributed by atoms with Crippen molar-refractivity contribution in [1.82, 2.24) is 15.3 Å². The number of carbonyl (C=O) groups is 1. The molecule has 2 heterocycles. The summed E-state index contributed by atoms with van der Waals surface area (Å²) in [5, 5.41) is 18.0. The van der Waals surface area contributed by atoms with Crippen LogP contribution in [0.15, 0.2) is 41.4 Å². The van der Waals surface area contributed by atoms with Crippen LogP contribution in [-0.2, 0) is 0 Å². The smallest absolute Gasteiger partial charge is 0.251 e. The Morgan fingerprint density at radius 1 is 1.23 bits per heavy atom. The van der Waals surface area contributed by atoms with Crippen LogP contribution in [-0.4, -0.2) is 39.2 Å². The number of aliphatic hydroxyl groups excluding tert-OH is 1. The first kappa shape index (κ1) is 20.5. The van der Waals surface area contributed by atoms with Gasteiger partial charge in [-0.15, -0.1) is 11.3 Å². The molecule has 1 saturated carbocycles. The van der Waals surface area contributed by atoms with Gasteiger partial charge in [0.2, 0.25) is 0 Å². The lowest BCUT2D eigenvalue weighted by molar-refractivity contribution is 0.0951. The van der Waals surface area contributed by atoms with Crippen LogP contribution in [0.4, 0.5) is 5.82 Å². The quantitative estimate of drug-likeness (QED) is 0.530.